The van der Waals surface area contributed by atoms with E-state index in [0.717, 1.165) is 32.1 Å². The Morgan fingerprint density at radius 3 is 2.42 bits per heavy atom. The zero-order valence-electron chi connectivity index (χ0n) is 15.2. The number of nitrogens with one attached hydrogen (secondary N) is 3. The van der Waals surface area contributed by atoms with Gasteiger partial charge in [0.05, 0.1) is 0 Å². The van der Waals surface area contributed by atoms with Gasteiger partial charge in [0, 0.05) is 6.04 Å². The molecule has 0 aromatic carbocycles. The van der Waals surface area contributed by atoms with Crippen LogP contribution in [-0.4, -0.2) is 54.1 Å². The first-order valence-electron chi connectivity index (χ1n) is 8.70. The van der Waals surface area contributed by atoms with E-state index >= 15 is 0 Å². The Hall–Kier alpha value is -1.97. The van der Waals surface area contributed by atoms with Crippen molar-refractivity contribution >= 4 is 35.7 Å². The first-order valence-corrected chi connectivity index (χ1v) is 10.1. The predicted octanol–water partition coefficient (Wildman–Crippen LogP) is 0.867. The van der Waals surface area contributed by atoms with Crippen LogP contribution in [0.3, 0.4) is 0 Å². The number of esters is 1. The van der Waals surface area contributed by atoms with E-state index in [1.807, 2.05) is 6.26 Å². The molecule has 0 heterocycles. The fourth-order valence-electron chi connectivity index (χ4n) is 2.65. The molecule has 148 valence electrons. The van der Waals surface area contributed by atoms with E-state index in [-0.39, 0.29) is 6.04 Å². The van der Waals surface area contributed by atoms with Crippen LogP contribution in [0.2, 0.25) is 0 Å². The van der Waals surface area contributed by atoms with Gasteiger partial charge in [0.25, 0.3) is 5.91 Å². The zero-order valence-corrected chi connectivity index (χ0v) is 16.0. The minimum absolute atomic E-state index is 0.0603. The van der Waals surface area contributed by atoms with Crippen molar-refractivity contribution in [2.75, 3.05) is 12.0 Å². The molecule has 26 heavy (non-hydrogen) atoms. The van der Waals surface area contributed by atoms with Crippen LogP contribution in [0.4, 0.5) is 9.59 Å². The summed E-state index contributed by atoms with van der Waals surface area (Å²) in [5.41, 5.74) is 5.05. The summed E-state index contributed by atoms with van der Waals surface area (Å²) in [5.74, 6) is -0.896. The molecule has 10 heteroatoms. The minimum atomic E-state index is -1.17. The molecule has 2 atom stereocenters. The topological polar surface area (TPSA) is 140 Å². The second-order valence-electron chi connectivity index (χ2n) is 6.22. The first kappa shape index (κ1) is 22.1. The molecule has 1 fully saturated rings. The number of primary amides is 1. The Labute approximate surface area is 157 Å². The van der Waals surface area contributed by atoms with E-state index in [2.05, 4.69) is 16.0 Å². The van der Waals surface area contributed by atoms with Gasteiger partial charge in [-0.2, -0.15) is 11.8 Å². The number of carbonyl (C=O) groups excluding carboxylic acids is 4. The fraction of sp³-hybridized carbons (Fsp3) is 0.750. The Balaban J connectivity index is 2.45. The van der Waals surface area contributed by atoms with Crippen LogP contribution in [0.1, 0.15) is 45.4 Å². The van der Waals surface area contributed by atoms with E-state index in [1.54, 1.807) is 0 Å². The smallest absolute Gasteiger partial charge is 0.329 e. The summed E-state index contributed by atoms with van der Waals surface area (Å²) in [4.78, 5) is 47.0. The van der Waals surface area contributed by atoms with Crippen molar-refractivity contribution in [3.8, 4) is 0 Å². The summed E-state index contributed by atoms with van der Waals surface area (Å²) in [6.45, 7) is 1.36. The SMILES string of the molecule is CSCC[C@H](NC(N)=O)C(=O)O[C@@H](C)C(=O)NC(=O)NC1CCCCC1. The van der Waals surface area contributed by atoms with Crippen LogP contribution >= 0.6 is 11.8 Å². The van der Waals surface area contributed by atoms with Gasteiger partial charge >= 0.3 is 18.0 Å². The number of urea groups is 2. The number of amides is 5. The van der Waals surface area contributed by atoms with Crippen molar-refractivity contribution in [3.63, 3.8) is 0 Å². The van der Waals surface area contributed by atoms with Crippen LogP contribution in [0.5, 0.6) is 0 Å². The zero-order chi connectivity index (χ0) is 19.5. The molecule has 0 aromatic rings. The van der Waals surface area contributed by atoms with Gasteiger partial charge in [0.1, 0.15) is 6.04 Å². The van der Waals surface area contributed by atoms with E-state index < -0.39 is 36.1 Å². The molecule has 1 aliphatic carbocycles. The van der Waals surface area contributed by atoms with Crippen LogP contribution in [0.15, 0.2) is 0 Å². The summed E-state index contributed by atoms with van der Waals surface area (Å²) >= 11 is 1.49. The van der Waals surface area contributed by atoms with E-state index in [9.17, 15) is 19.2 Å². The van der Waals surface area contributed by atoms with Gasteiger partial charge in [0.15, 0.2) is 6.10 Å². The average Bonchev–Trinajstić information content (AvgIpc) is 2.58. The number of thioether (sulfide) groups is 1. The highest BCUT2D eigenvalue weighted by atomic mass is 32.2. The molecule has 0 saturated heterocycles. The lowest BCUT2D eigenvalue weighted by Crippen LogP contribution is -2.50. The summed E-state index contributed by atoms with van der Waals surface area (Å²) in [6, 6.07) is -2.33. The molecular weight excluding hydrogens is 360 g/mol. The highest BCUT2D eigenvalue weighted by Gasteiger charge is 2.27. The minimum Gasteiger partial charge on any atom is -0.451 e. The van der Waals surface area contributed by atoms with Crippen LogP contribution in [-0.2, 0) is 14.3 Å². The molecule has 5 N–H and O–H groups in total. The summed E-state index contributed by atoms with van der Waals surface area (Å²) < 4.78 is 5.05. The molecule has 1 aliphatic rings. The summed E-state index contributed by atoms with van der Waals surface area (Å²) in [5, 5.41) is 7.21. The number of nitrogens with two attached hydrogens (primary N) is 1. The third kappa shape index (κ3) is 8.41. The van der Waals surface area contributed by atoms with Crippen LogP contribution in [0.25, 0.3) is 0 Å². The number of rotatable bonds is 8. The third-order valence-electron chi connectivity index (χ3n) is 4.05. The summed E-state index contributed by atoms with van der Waals surface area (Å²) in [7, 11) is 0. The van der Waals surface area contributed by atoms with Crippen molar-refractivity contribution in [2.45, 2.75) is 63.6 Å². The predicted molar refractivity (Wildman–Crippen MR) is 98.6 cm³/mol. The highest BCUT2D eigenvalue weighted by molar-refractivity contribution is 7.98. The first-order chi connectivity index (χ1) is 12.3. The lowest BCUT2D eigenvalue weighted by molar-refractivity contribution is -0.156. The second-order valence-corrected chi connectivity index (χ2v) is 7.21. The number of hydrogen-bond acceptors (Lipinski definition) is 6. The molecule has 0 unspecified atom stereocenters. The van der Waals surface area contributed by atoms with Gasteiger partial charge in [-0.3, -0.25) is 10.1 Å². The Morgan fingerprint density at radius 2 is 1.85 bits per heavy atom. The quantitative estimate of drug-likeness (QED) is 0.455. The highest BCUT2D eigenvalue weighted by Crippen LogP contribution is 2.17. The van der Waals surface area contributed by atoms with E-state index in [0.29, 0.717) is 12.2 Å². The standard InChI is InChI=1S/C16H28N4O5S/c1-10(25-14(22)12(8-9-26-2)19-15(17)23)13(21)20-16(24)18-11-6-4-3-5-7-11/h10-12H,3-9H2,1-2H3,(H3,17,19,23)(H2,18,20,21,24)/t10-,12-/m0/s1. The molecule has 0 aliphatic heterocycles. The molecule has 9 nitrogen and oxygen atoms in total. The molecule has 5 amide bonds. The van der Waals surface area contributed by atoms with Crippen molar-refractivity contribution < 1.29 is 23.9 Å². The number of imide groups is 1. The maximum Gasteiger partial charge on any atom is 0.329 e. The normalized spacial score (nSPS) is 16.8. The molecular formula is C16H28N4O5S. The molecule has 0 bridgehead atoms. The Kier molecular flexibility index (Phi) is 9.85. The number of hydrogen-bond donors (Lipinski definition) is 4. The largest absolute Gasteiger partial charge is 0.451 e. The van der Waals surface area contributed by atoms with Gasteiger partial charge in [-0.15, -0.1) is 0 Å². The Morgan fingerprint density at radius 1 is 1.19 bits per heavy atom. The van der Waals surface area contributed by atoms with Gasteiger partial charge in [-0.05, 0) is 38.2 Å². The van der Waals surface area contributed by atoms with Gasteiger partial charge in [0.2, 0.25) is 0 Å². The molecule has 1 rings (SSSR count). The lowest BCUT2D eigenvalue weighted by Gasteiger charge is -2.23. The number of carbonyl (C=O) groups is 4. The lowest BCUT2D eigenvalue weighted by atomic mass is 9.96. The summed E-state index contributed by atoms with van der Waals surface area (Å²) in [6.07, 6.45) is 6.04. The molecule has 0 radical (unpaired) electrons. The van der Waals surface area contributed by atoms with E-state index in [4.69, 9.17) is 10.5 Å². The van der Waals surface area contributed by atoms with Crippen molar-refractivity contribution in [1.29, 1.82) is 0 Å². The van der Waals surface area contributed by atoms with Crippen molar-refractivity contribution in [1.82, 2.24) is 16.0 Å². The molecule has 0 aromatic heterocycles. The average molecular weight is 388 g/mol. The van der Waals surface area contributed by atoms with Crippen molar-refractivity contribution in [2.24, 2.45) is 5.73 Å². The fourth-order valence-corrected chi connectivity index (χ4v) is 3.12. The van der Waals surface area contributed by atoms with Gasteiger partial charge in [-0.1, -0.05) is 19.3 Å². The van der Waals surface area contributed by atoms with Gasteiger partial charge < -0.3 is 21.1 Å². The van der Waals surface area contributed by atoms with Crippen LogP contribution < -0.4 is 21.7 Å². The second kappa shape index (κ2) is 11.6. The Bertz CT molecular complexity index is 511. The van der Waals surface area contributed by atoms with Crippen LogP contribution in [0, 0.1) is 0 Å². The third-order valence-corrected chi connectivity index (χ3v) is 4.69. The van der Waals surface area contributed by atoms with Crippen molar-refractivity contribution in [3.05, 3.63) is 0 Å². The maximum absolute atomic E-state index is 12.1. The van der Waals surface area contributed by atoms with Gasteiger partial charge in [-0.25, -0.2) is 14.4 Å². The number of ether oxygens (including phenoxy) is 1. The maximum atomic E-state index is 12.1. The molecule has 1 saturated carbocycles. The molecule has 0 spiro atoms. The van der Waals surface area contributed by atoms with E-state index in [1.165, 1.54) is 18.7 Å². The monoisotopic (exact) mass is 388 g/mol.